The van der Waals surface area contributed by atoms with Crippen LogP contribution in [0.5, 0.6) is 0 Å². The maximum atomic E-state index is 13.7. The number of carboxylic acids is 1. The number of aromatic nitrogens is 1. The first-order chi connectivity index (χ1) is 15.8. The number of hydrogen-bond donors (Lipinski definition) is 3. The Bertz CT molecular complexity index is 1140. The summed E-state index contributed by atoms with van der Waals surface area (Å²) in [6, 6.07) is 1.74. The zero-order chi connectivity index (χ0) is 23.7. The number of halogens is 2. The Hall–Kier alpha value is -2.86. The molecule has 0 radical (unpaired) electrons. The van der Waals surface area contributed by atoms with E-state index >= 15 is 0 Å². The Morgan fingerprint density at radius 2 is 2.21 bits per heavy atom. The molecule has 3 N–H and O–H groups in total. The number of carbonyl (C=O) groups is 2. The molecule has 2 unspecified atom stereocenters. The SMILES string of the molecule is CCOC(=O)C1=C(CN2CC(O)C2C(=O)O)NC(c2nccs2)=N[C@H]1c1ccc(F)cc1Cl. The molecule has 0 bridgehead atoms. The molecule has 0 amide bonds. The second-order valence-electron chi connectivity index (χ2n) is 7.40. The van der Waals surface area contributed by atoms with Gasteiger partial charge in [0.2, 0.25) is 0 Å². The summed E-state index contributed by atoms with van der Waals surface area (Å²) in [5, 5.41) is 24.8. The standard InChI is InChI=1S/C21H20ClFN4O5S/c1-2-32-21(31)15-13(8-27-9-14(28)17(27)20(29)30)25-18(19-24-5-6-33-19)26-16(15)11-4-3-10(23)7-12(11)22/h3-7,14,16-17,28H,2,8-9H2,1H3,(H,25,26)(H,29,30)/t14?,16-,17?/m0/s1. The molecule has 2 aromatic rings. The summed E-state index contributed by atoms with van der Waals surface area (Å²) in [5.74, 6) is -2.02. The molecule has 1 fully saturated rings. The van der Waals surface area contributed by atoms with Gasteiger partial charge in [-0.05, 0) is 19.1 Å². The Kier molecular flexibility index (Phi) is 6.75. The van der Waals surface area contributed by atoms with Crippen molar-refractivity contribution in [2.24, 2.45) is 4.99 Å². The minimum Gasteiger partial charge on any atom is -0.480 e. The quantitative estimate of drug-likeness (QED) is 0.499. The summed E-state index contributed by atoms with van der Waals surface area (Å²) in [6.45, 7) is 1.87. The summed E-state index contributed by atoms with van der Waals surface area (Å²) < 4.78 is 19.0. The minimum atomic E-state index is -1.17. The van der Waals surface area contributed by atoms with Gasteiger partial charge in [-0.25, -0.2) is 14.2 Å². The number of nitrogens with zero attached hydrogens (tertiary/aromatic N) is 3. The number of amidine groups is 1. The molecule has 3 heterocycles. The van der Waals surface area contributed by atoms with E-state index in [0.29, 0.717) is 22.1 Å². The predicted octanol–water partition coefficient (Wildman–Crippen LogP) is 1.97. The summed E-state index contributed by atoms with van der Waals surface area (Å²) in [7, 11) is 0. The van der Waals surface area contributed by atoms with Gasteiger partial charge in [0.05, 0.1) is 18.3 Å². The molecule has 2 aliphatic rings. The zero-order valence-corrected chi connectivity index (χ0v) is 18.9. The van der Waals surface area contributed by atoms with Crippen LogP contribution < -0.4 is 5.32 Å². The molecule has 1 aromatic carbocycles. The topological polar surface area (TPSA) is 124 Å². The van der Waals surface area contributed by atoms with Crippen molar-refractivity contribution in [2.45, 2.75) is 25.1 Å². The summed E-state index contributed by atoms with van der Waals surface area (Å²) >= 11 is 7.64. The minimum absolute atomic E-state index is 0.00187. The molecular formula is C21H20ClFN4O5S. The maximum absolute atomic E-state index is 13.7. The van der Waals surface area contributed by atoms with Crippen molar-refractivity contribution in [3.8, 4) is 0 Å². The number of rotatable bonds is 7. The monoisotopic (exact) mass is 494 g/mol. The highest BCUT2D eigenvalue weighted by Crippen LogP contribution is 2.37. The number of thiazole rings is 1. The van der Waals surface area contributed by atoms with Crippen LogP contribution in [0.4, 0.5) is 4.39 Å². The maximum Gasteiger partial charge on any atom is 0.338 e. The van der Waals surface area contributed by atoms with Crippen LogP contribution in [-0.4, -0.2) is 69.7 Å². The van der Waals surface area contributed by atoms with E-state index in [-0.39, 0.29) is 30.3 Å². The average molecular weight is 495 g/mol. The number of likely N-dealkylation sites (tertiary alicyclic amines) is 1. The van der Waals surface area contributed by atoms with Gasteiger partial charge in [0.1, 0.15) is 17.9 Å². The van der Waals surface area contributed by atoms with E-state index in [9.17, 15) is 24.2 Å². The lowest BCUT2D eigenvalue weighted by molar-refractivity contribution is -0.159. The van der Waals surface area contributed by atoms with Crippen molar-refractivity contribution >= 4 is 40.7 Å². The second kappa shape index (κ2) is 9.56. The molecule has 4 rings (SSSR count). The van der Waals surface area contributed by atoms with E-state index in [2.05, 4.69) is 15.3 Å². The number of hydrogen-bond acceptors (Lipinski definition) is 9. The molecule has 9 nitrogen and oxygen atoms in total. The lowest BCUT2D eigenvalue weighted by atomic mass is 9.93. The number of carboxylic acid groups (broad SMARTS) is 1. The molecule has 33 heavy (non-hydrogen) atoms. The van der Waals surface area contributed by atoms with Gasteiger partial charge in [0, 0.05) is 40.9 Å². The van der Waals surface area contributed by atoms with Gasteiger partial charge in [0.25, 0.3) is 0 Å². The van der Waals surface area contributed by atoms with Gasteiger partial charge in [-0.1, -0.05) is 17.7 Å². The predicted molar refractivity (Wildman–Crippen MR) is 119 cm³/mol. The van der Waals surface area contributed by atoms with Gasteiger partial charge >= 0.3 is 11.9 Å². The first-order valence-corrected chi connectivity index (χ1v) is 11.3. The number of carbonyl (C=O) groups excluding carboxylic acids is 1. The number of benzene rings is 1. The Morgan fingerprint density at radius 3 is 2.82 bits per heavy atom. The third-order valence-electron chi connectivity index (χ3n) is 5.31. The molecule has 1 saturated heterocycles. The summed E-state index contributed by atoms with van der Waals surface area (Å²) in [6.07, 6.45) is 0.577. The third-order valence-corrected chi connectivity index (χ3v) is 6.41. The lowest BCUT2D eigenvalue weighted by Crippen LogP contribution is -2.64. The molecule has 0 spiro atoms. The average Bonchev–Trinajstić information content (AvgIpc) is 3.27. The van der Waals surface area contributed by atoms with Crippen molar-refractivity contribution < 1.29 is 28.9 Å². The van der Waals surface area contributed by atoms with Gasteiger partial charge in [0.15, 0.2) is 10.8 Å². The van der Waals surface area contributed by atoms with Gasteiger partial charge in [-0.3, -0.25) is 14.7 Å². The van der Waals surface area contributed by atoms with Crippen LogP contribution in [0.15, 0.2) is 46.0 Å². The highest BCUT2D eigenvalue weighted by Gasteiger charge is 2.45. The third kappa shape index (κ3) is 4.62. The molecule has 0 saturated carbocycles. The number of aliphatic hydroxyl groups is 1. The molecule has 3 atom stereocenters. The summed E-state index contributed by atoms with van der Waals surface area (Å²) in [5.41, 5.74) is 0.848. The highest BCUT2D eigenvalue weighted by atomic mass is 35.5. The zero-order valence-electron chi connectivity index (χ0n) is 17.4. The molecule has 1 aromatic heterocycles. The Labute approximate surface area is 197 Å². The van der Waals surface area contributed by atoms with Gasteiger partial charge < -0.3 is 20.3 Å². The van der Waals surface area contributed by atoms with E-state index in [1.54, 1.807) is 18.5 Å². The van der Waals surface area contributed by atoms with Crippen LogP contribution in [0.3, 0.4) is 0 Å². The number of nitrogens with one attached hydrogen (secondary N) is 1. The van der Waals surface area contributed by atoms with Crippen LogP contribution in [0.2, 0.25) is 5.02 Å². The molecular weight excluding hydrogens is 475 g/mol. The summed E-state index contributed by atoms with van der Waals surface area (Å²) in [4.78, 5) is 35.0. The molecule has 0 aliphatic carbocycles. The Morgan fingerprint density at radius 1 is 1.42 bits per heavy atom. The number of esters is 1. The van der Waals surface area contributed by atoms with Crippen molar-refractivity contribution in [1.29, 1.82) is 0 Å². The number of ether oxygens (including phenoxy) is 1. The van der Waals surface area contributed by atoms with E-state index in [1.807, 2.05) is 0 Å². The first kappa shape index (κ1) is 23.3. The number of aliphatic imine (C=N–C) groups is 1. The van der Waals surface area contributed by atoms with Crippen LogP contribution >= 0.6 is 22.9 Å². The van der Waals surface area contributed by atoms with Gasteiger partial charge in [-0.15, -0.1) is 11.3 Å². The fourth-order valence-corrected chi connectivity index (χ4v) is 4.67. The lowest BCUT2D eigenvalue weighted by Gasteiger charge is -2.43. The number of aliphatic carboxylic acids is 1. The number of aliphatic hydroxyl groups excluding tert-OH is 1. The van der Waals surface area contributed by atoms with E-state index in [4.69, 9.17) is 16.3 Å². The van der Waals surface area contributed by atoms with Crippen LogP contribution in [0.25, 0.3) is 0 Å². The van der Waals surface area contributed by atoms with Crippen LogP contribution in [0.1, 0.15) is 23.5 Å². The first-order valence-electron chi connectivity index (χ1n) is 10.0. The normalized spacial score (nSPS) is 22.9. The second-order valence-corrected chi connectivity index (χ2v) is 8.70. The van der Waals surface area contributed by atoms with Gasteiger partial charge in [-0.2, -0.15) is 0 Å². The Balaban J connectivity index is 1.82. The van der Waals surface area contributed by atoms with Crippen LogP contribution in [-0.2, 0) is 14.3 Å². The molecule has 2 aliphatic heterocycles. The molecule has 174 valence electrons. The largest absolute Gasteiger partial charge is 0.480 e. The highest BCUT2D eigenvalue weighted by molar-refractivity contribution is 7.11. The van der Waals surface area contributed by atoms with Crippen molar-refractivity contribution in [2.75, 3.05) is 19.7 Å². The number of β-amino-alcohol motifs (C(OH)–C–C–N with tert-alkyl or cyclic N) is 1. The fourth-order valence-electron chi connectivity index (χ4n) is 3.81. The van der Waals surface area contributed by atoms with Crippen LogP contribution in [0, 0.1) is 5.82 Å². The van der Waals surface area contributed by atoms with E-state index < -0.39 is 35.9 Å². The van der Waals surface area contributed by atoms with E-state index in [0.717, 1.165) is 6.07 Å². The van der Waals surface area contributed by atoms with E-state index in [1.165, 1.54) is 28.4 Å². The molecule has 12 heteroatoms. The fraction of sp³-hybridized carbons (Fsp3) is 0.333. The van der Waals surface area contributed by atoms with Crippen molar-refractivity contribution in [3.63, 3.8) is 0 Å². The van der Waals surface area contributed by atoms with Crippen molar-refractivity contribution in [3.05, 3.63) is 62.5 Å². The van der Waals surface area contributed by atoms with Crippen molar-refractivity contribution in [1.82, 2.24) is 15.2 Å². The smallest absolute Gasteiger partial charge is 0.338 e.